The number of rotatable bonds is 4. The van der Waals surface area contributed by atoms with Crippen LogP contribution < -0.4 is 5.73 Å². The smallest absolute Gasteiger partial charge is 0.221 e. The first-order valence-corrected chi connectivity index (χ1v) is 9.00. The molecule has 0 saturated heterocycles. The lowest BCUT2D eigenvalue weighted by molar-refractivity contribution is 0.666. The zero-order valence-electron chi connectivity index (χ0n) is 15.0. The molecule has 0 aliphatic rings. The fourth-order valence-electron chi connectivity index (χ4n) is 3.27. The van der Waals surface area contributed by atoms with Gasteiger partial charge < -0.3 is 5.73 Å². The van der Waals surface area contributed by atoms with Gasteiger partial charge >= 0.3 is 0 Å². The summed E-state index contributed by atoms with van der Waals surface area (Å²) in [7, 11) is 0. The normalized spacial score (nSPS) is 11.3. The fraction of sp³-hybridized carbons (Fsp3) is 0.0952. The molecule has 136 valence electrons. The van der Waals surface area contributed by atoms with Gasteiger partial charge in [0.05, 0.1) is 24.0 Å². The van der Waals surface area contributed by atoms with E-state index in [0.717, 1.165) is 33.3 Å². The molecular weight excluding hydrogens is 350 g/mol. The van der Waals surface area contributed by atoms with Gasteiger partial charge in [-0.05, 0) is 17.2 Å². The fourth-order valence-corrected chi connectivity index (χ4v) is 3.27. The van der Waals surface area contributed by atoms with Crippen LogP contribution in [0.5, 0.6) is 0 Å². The van der Waals surface area contributed by atoms with E-state index in [-0.39, 0.29) is 0 Å². The van der Waals surface area contributed by atoms with Crippen molar-refractivity contribution in [2.24, 2.45) is 5.73 Å². The van der Waals surface area contributed by atoms with Crippen LogP contribution in [0.4, 0.5) is 0 Å². The molecular formula is C21H17N7. The first-order valence-electron chi connectivity index (χ1n) is 9.00. The number of nitrogens with two attached hydrogens (primary N) is 1. The van der Waals surface area contributed by atoms with Crippen LogP contribution in [-0.2, 0) is 13.1 Å². The second-order valence-electron chi connectivity index (χ2n) is 6.54. The van der Waals surface area contributed by atoms with Crippen LogP contribution in [0.1, 0.15) is 11.1 Å². The zero-order chi connectivity index (χ0) is 18.9. The maximum atomic E-state index is 5.68. The molecule has 7 heteroatoms. The first-order chi connectivity index (χ1) is 13.8. The van der Waals surface area contributed by atoms with Crippen molar-refractivity contribution in [2.75, 3.05) is 0 Å². The molecule has 0 unspecified atom stereocenters. The summed E-state index contributed by atoms with van der Waals surface area (Å²) in [4.78, 5) is 13.7. The maximum absolute atomic E-state index is 5.68. The highest BCUT2D eigenvalue weighted by atomic mass is 15.4. The topological polar surface area (TPSA) is 95.4 Å². The van der Waals surface area contributed by atoms with Gasteiger partial charge in [0.15, 0.2) is 5.65 Å². The van der Waals surface area contributed by atoms with E-state index in [4.69, 9.17) is 10.7 Å². The minimum Gasteiger partial charge on any atom is -0.326 e. The highest BCUT2D eigenvalue weighted by Crippen LogP contribution is 2.21. The number of hydrogen-bond acceptors (Lipinski definition) is 6. The van der Waals surface area contributed by atoms with Crippen molar-refractivity contribution in [1.82, 2.24) is 29.9 Å². The predicted molar refractivity (Wildman–Crippen MR) is 107 cm³/mol. The first kappa shape index (κ1) is 16.5. The molecule has 0 aliphatic carbocycles. The minimum absolute atomic E-state index is 0.515. The molecule has 0 bridgehead atoms. The molecule has 5 rings (SSSR count). The average Bonchev–Trinajstić information content (AvgIpc) is 3.16. The predicted octanol–water partition coefficient (Wildman–Crippen LogP) is 2.94. The molecule has 7 nitrogen and oxygen atoms in total. The second kappa shape index (κ2) is 6.79. The van der Waals surface area contributed by atoms with E-state index < -0.39 is 0 Å². The number of benzene rings is 2. The Labute approximate surface area is 160 Å². The molecule has 0 saturated carbocycles. The van der Waals surface area contributed by atoms with Crippen LogP contribution in [-0.4, -0.2) is 29.9 Å². The second-order valence-corrected chi connectivity index (χ2v) is 6.54. The summed E-state index contributed by atoms with van der Waals surface area (Å²) in [6, 6.07) is 18.1. The zero-order valence-corrected chi connectivity index (χ0v) is 15.0. The van der Waals surface area contributed by atoms with E-state index in [9.17, 15) is 0 Å². The molecule has 2 aromatic carbocycles. The van der Waals surface area contributed by atoms with Crippen LogP contribution in [0, 0.1) is 0 Å². The van der Waals surface area contributed by atoms with Crippen molar-refractivity contribution in [3.8, 4) is 11.3 Å². The molecule has 3 heterocycles. The van der Waals surface area contributed by atoms with Gasteiger partial charge in [-0.3, -0.25) is 4.98 Å². The molecule has 3 aromatic heterocycles. The molecule has 0 amide bonds. The van der Waals surface area contributed by atoms with Gasteiger partial charge in [0.1, 0.15) is 0 Å². The summed E-state index contributed by atoms with van der Waals surface area (Å²) in [6.45, 7) is 1.04. The van der Waals surface area contributed by atoms with Gasteiger partial charge in [0.2, 0.25) is 5.65 Å². The molecule has 0 radical (unpaired) electrons. The van der Waals surface area contributed by atoms with Crippen molar-refractivity contribution < 1.29 is 0 Å². The van der Waals surface area contributed by atoms with E-state index in [1.807, 2.05) is 54.6 Å². The molecule has 0 fully saturated rings. The Morgan fingerprint density at radius 1 is 0.929 bits per heavy atom. The maximum Gasteiger partial charge on any atom is 0.221 e. The lowest BCUT2D eigenvalue weighted by atomic mass is 10.1. The quantitative estimate of drug-likeness (QED) is 0.525. The number of para-hydroxylation sites is 1. The number of nitrogens with zero attached hydrogens (tertiary/aromatic N) is 6. The van der Waals surface area contributed by atoms with Crippen LogP contribution in [0.3, 0.4) is 0 Å². The van der Waals surface area contributed by atoms with E-state index in [0.29, 0.717) is 24.4 Å². The van der Waals surface area contributed by atoms with Crippen molar-refractivity contribution in [1.29, 1.82) is 0 Å². The Morgan fingerprint density at radius 3 is 2.64 bits per heavy atom. The number of aromatic nitrogens is 6. The van der Waals surface area contributed by atoms with Crippen LogP contribution in [0.15, 0.2) is 67.0 Å². The van der Waals surface area contributed by atoms with Crippen LogP contribution in [0.25, 0.3) is 33.5 Å². The third-order valence-electron chi connectivity index (χ3n) is 4.75. The van der Waals surface area contributed by atoms with Gasteiger partial charge in [-0.25, -0.2) is 14.6 Å². The summed E-state index contributed by atoms with van der Waals surface area (Å²) in [6.07, 6.45) is 3.52. The molecule has 5 aromatic rings. The summed E-state index contributed by atoms with van der Waals surface area (Å²) in [5.41, 5.74) is 11.7. The largest absolute Gasteiger partial charge is 0.326 e. The Bertz CT molecular complexity index is 1270. The molecule has 0 atom stereocenters. The number of pyridine rings is 1. The standard InChI is InChI=1S/C21H17N7/c22-11-14-6-8-15(9-7-14)18-12-24-20-21(25-18)28(27-26-20)13-17-4-1-3-16-5-2-10-23-19(16)17/h1-10,12H,11,13,22H2. The van der Waals surface area contributed by atoms with Crippen molar-refractivity contribution in [3.63, 3.8) is 0 Å². The summed E-state index contributed by atoms with van der Waals surface area (Å²) in [5.74, 6) is 0. The Morgan fingerprint density at radius 2 is 1.79 bits per heavy atom. The minimum atomic E-state index is 0.515. The van der Waals surface area contributed by atoms with E-state index in [1.165, 1.54) is 0 Å². The van der Waals surface area contributed by atoms with E-state index in [2.05, 4.69) is 20.3 Å². The molecule has 28 heavy (non-hydrogen) atoms. The summed E-state index contributed by atoms with van der Waals surface area (Å²) < 4.78 is 1.77. The third kappa shape index (κ3) is 2.87. The van der Waals surface area contributed by atoms with E-state index >= 15 is 0 Å². The number of fused-ring (bicyclic) bond motifs is 2. The Kier molecular flexibility index (Phi) is 3.99. The monoisotopic (exact) mass is 367 g/mol. The van der Waals surface area contributed by atoms with Gasteiger partial charge in [0.25, 0.3) is 0 Å². The van der Waals surface area contributed by atoms with Crippen molar-refractivity contribution >= 4 is 22.2 Å². The third-order valence-corrected chi connectivity index (χ3v) is 4.75. The molecule has 2 N–H and O–H groups in total. The summed E-state index contributed by atoms with van der Waals surface area (Å²) in [5, 5.41) is 9.51. The van der Waals surface area contributed by atoms with Gasteiger partial charge in [-0.15, -0.1) is 5.10 Å². The van der Waals surface area contributed by atoms with Crippen molar-refractivity contribution in [3.05, 3.63) is 78.1 Å². The highest BCUT2D eigenvalue weighted by molar-refractivity contribution is 5.81. The SMILES string of the molecule is NCc1ccc(-c2cnc3nnn(Cc4cccc5cccnc45)c3n2)cc1. The van der Waals surface area contributed by atoms with Gasteiger partial charge in [-0.1, -0.05) is 53.7 Å². The lowest BCUT2D eigenvalue weighted by Crippen LogP contribution is -2.04. The van der Waals surface area contributed by atoms with Gasteiger partial charge in [-0.2, -0.15) is 0 Å². The Hall–Kier alpha value is -3.71. The Balaban J connectivity index is 1.56. The lowest BCUT2D eigenvalue weighted by Gasteiger charge is -2.06. The molecule has 0 spiro atoms. The van der Waals surface area contributed by atoms with Crippen LogP contribution >= 0.6 is 0 Å². The summed E-state index contributed by atoms with van der Waals surface area (Å²) >= 11 is 0. The van der Waals surface area contributed by atoms with Crippen molar-refractivity contribution in [2.45, 2.75) is 13.1 Å². The average molecular weight is 367 g/mol. The molecule has 0 aliphatic heterocycles. The van der Waals surface area contributed by atoms with Crippen LogP contribution in [0.2, 0.25) is 0 Å². The number of hydrogen-bond donors (Lipinski definition) is 1. The van der Waals surface area contributed by atoms with E-state index in [1.54, 1.807) is 17.1 Å². The van der Waals surface area contributed by atoms with Gasteiger partial charge in [0, 0.05) is 23.7 Å². The highest BCUT2D eigenvalue weighted by Gasteiger charge is 2.12.